The molecule has 0 atom stereocenters. The van der Waals surface area contributed by atoms with Crippen LogP contribution in [0.25, 0.3) is 10.9 Å². The molecule has 0 fully saturated rings. The molecule has 0 saturated carbocycles. The van der Waals surface area contributed by atoms with Gasteiger partial charge in [-0.05, 0) is 32.9 Å². The van der Waals surface area contributed by atoms with E-state index in [-0.39, 0.29) is 6.10 Å². The van der Waals surface area contributed by atoms with Gasteiger partial charge in [0.1, 0.15) is 0 Å². The van der Waals surface area contributed by atoms with Gasteiger partial charge in [0.25, 0.3) is 0 Å². The van der Waals surface area contributed by atoms with Gasteiger partial charge >= 0.3 is 0 Å². The van der Waals surface area contributed by atoms with E-state index in [2.05, 4.69) is 23.8 Å². The summed E-state index contributed by atoms with van der Waals surface area (Å²) in [5.41, 5.74) is 9.26. The van der Waals surface area contributed by atoms with Crippen LogP contribution in [0.1, 0.15) is 26.3 Å². The van der Waals surface area contributed by atoms with E-state index in [1.165, 1.54) is 11.1 Å². The zero-order valence-electron chi connectivity index (χ0n) is 10.7. The lowest BCUT2D eigenvalue weighted by Crippen LogP contribution is -2.02. The summed E-state index contributed by atoms with van der Waals surface area (Å²) >= 11 is 0. The first-order chi connectivity index (χ1) is 8.13. The van der Waals surface area contributed by atoms with Gasteiger partial charge in [-0.15, -0.1) is 0 Å². The largest absolute Gasteiger partial charge is 0.398 e. The number of hydrogen-bond donors (Lipinski definition) is 1. The molecule has 0 bridgehead atoms. The third-order valence-corrected chi connectivity index (χ3v) is 2.93. The number of fused-ring (bicyclic) bond motifs is 1. The molecule has 0 radical (unpaired) electrons. The van der Waals surface area contributed by atoms with Crippen LogP contribution in [0, 0.1) is 0 Å². The van der Waals surface area contributed by atoms with Crippen LogP contribution in [-0.2, 0) is 17.9 Å². The summed E-state index contributed by atoms with van der Waals surface area (Å²) < 4.78 is 7.89. The summed E-state index contributed by atoms with van der Waals surface area (Å²) in [5.74, 6) is 0. The van der Waals surface area contributed by atoms with Crippen LogP contribution in [0.5, 0.6) is 0 Å². The number of ether oxygens (including phenoxy) is 1. The smallest absolute Gasteiger partial charge is 0.0741 e. The number of aryl methyl sites for hydroxylation is 1. The fraction of sp³-hybridized carbons (Fsp3) is 0.429. The Morgan fingerprint density at radius 3 is 2.76 bits per heavy atom. The van der Waals surface area contributed by atoms with Gasteiger partial charge in [-0.1, -0.05) is 6.07 Å². The SMILES string of the molecule is CCn1cc(COC(C)C)c2c(N)cccc21. The van der Waals surface area contributed by atoms with Crippen LogP contribution in [-0.4, -0.2) is 10.7 Å². The Kier molecular flexibility index (Phi) is 3.38. The second-order valence-corrected chi connectivity index (χ2v) is 4.54. The molecule has 0 saturated heterocycles. The first-order valence-corrected chi connectivity index (χ1v) is 6.11. The normalized spacial score (nSPS) is 11.5. The molecule has 1 aromatic carbocycles. The predicted octanol–water partition coefficient (Wildman–Crippen LogP) is 3.17. The summed E-state index contributed by atoms with van der Waals surface area (Å²) in [4.78, 5) is 0. The molecular weight excluding hydrogens is 212 g/mol. The first-order valence-electron chi connectivity index (χ1n) is 6.11. The lowest BCUT2D eigenvalue weighted by atomic mass is 10.1. The Morgan fingerprint density at radius 2 is 2.12 bits per heavy atom. The van der Waals surface area contributed by atoms with Crippen molar-refractivity contribution in [3.05, 3.63) is 30.0 Å². The quantitative estimate of drug-likeness (QED) is 0.822. The van der Waals surface area contributed by atoms with E-state index in [0.717, 1.165) is 17.6 Å². The standard InChI is InChI=1S/C14H20N2O/c1-4-16-8-11(9-17-10(2)3)14-12(15)6-5-7-13(14)16/h5-8,10H,4,9,15H2,1-3H3. The molecule has 3 nitrogen and oxygen atoms in total. The molecular formula is C14H20N2O. The average Bonchev–Trinajstić information content (AvgIpc) is 2.66. The third kappa shape index (κ3) is 2.29. The Labute approximate surface area is 102 Å². The maximum absolute atomic E-state index is 6.06. The van der Waals surface area contributed by atoms with Crippen LogP contribution in [0.2, 0.25) is 0 Å². The monoisotopic (exact) mass is 232 g/mol. The molecule has 2 N–H and O–H groups in total. The number of nitrogens with zero attached hydrogens (tertiary/aromatic N) is 1. The van der Waals surface area contributed by atoms with Gasteiger partial charge in [-0.2, -0.15) is 0 Å². The minimum Gasteiger partial charge on any atom is -0.398 e. The van der Waals surface area contributed by atoms with Gasteiger partial charge in [-0.25, -0.2) is 0 Å². The molecule has 1 heterocycles. The van der Waals surface area contributed by atoms with Crippen molar-refractivity contribution in [1.82, 2.24) is 4.57 Å². The molecule has 17 heavy (non-hydrogen) atoms. The Hall–Kier alpha value is -1.48. The molecule has 0 unspecified atom stereocenters. The summed E-state index contributed by atoms with van der Waals surface area (Å²) in [6, 6.07) is 6.05. The molecule has 92 valence electrons. The Bertz CT molecular complexity index is 514. The molecule has 0 amide bonds. The van der Waals surface area contributed by atoms with Crippen LogP contribution in [0.3, 0.4) is 0 Å². The lowest BCUT2D eigenvalue weighted by Gasteiger charge is -2.06. The number of nitrogens with two attached hydrogens (primary N) is 1. The second-order valence-electron chi connectivity index (χ2n) is 4.54. The first kappa shape index (κ1) is 12.0. The Balaban J connectivity index is 2.47. The molecule has 0 spiro atoms. The summed E-state index contributed by atoms with van der Waals surface area (Å²) in [5, 5.41) is 1.13. The van der Waals surface area contributed by atoms with Gasteiger partial charge in [0.2, 0.25) is 0 Å². The summed E-state index contributed by atoms with van der Waals surface area (Å²) in [6.45, 7) is 7.79. The van der Waals surface area contributed by atoms with Crippen molar-refractivity contribution >= 4 is 16.6 Å². The van der Waals surface area contributed by atoms with Gasteiger partial charge in [0.15, 0.2) is 0 Å². The van der Waals surface area contributed by atoms with E-state index in [1.807, 2.05) is 26.0 Å². The van der Waals surface area contributed by atoms with E-state index in [4.69, 9.17) is 10.5 Å². The molecule has 1 aromatic heterocycles. The molecule has 0 aliphatic carbocycles. The van der Waals surface area contributed by atoms with Crippen LogP contribution < -0.4 is 5.73 Å². The highest BCUT2D eigenvalue weighted by Crippen LogP contribution is 2.27. The minimum absolute atomic E-state index is 0.236. The highest BCUT2D eigenvalue weighted by atomic mass is 16.5. The number of anilines is 1. The fourth-order valence-corrected chi connectivity index (χ4v) is 2.10. The van der Waals surface area contributed by atoms with Gasteiger partial charge in [-0.3, -0.25) is 0 Å². The van der Waals surface area contributed by atoms with E-state index in [0.29, 0.717) is 6.61 Å². The van der Waals surface area contributed by atoms with Crippen LogP contribution >= 0.6 is 0 Å². The van der Waals surface area contributed by atoms with Crippen LogP contribution in [0.15, 0.2) is 24.4 Å². The van der Waals surface area contributed by atoms with Crippen molar-refractivity contribution in [1.29, 1.82) is 0 Å². The topological polar surface area (TPSA) is 40.2 Å². The number of aromatic nitrogens is 1. The van der Waals surface area contributed by atoms with Crippen molar-refractivity contribution in [2.24, 2.45) is 0 Å². The van der Waals surface area contributed by atoms with Gasteiger partial charge < -0.3 is 15.0 Å². The van der Waals surface area contributed by atoms with Crippen molar-refractivity contribution in [3.63, 3.8) is 0 Å². The number of benzene rings is 1. The number of nitrogen functional groups attached to an aromatic ring is 1. The zero-order chi connectivity index (χ0) is 12.4. The van der Waals surface area contributed by atoms with E-state index in [1.54, 1.807) is 0 Å². The average molecular weight is 232 g/mol. The minimum atomic E-state index is 0.236. The Morgan fingerprint density at radius 1 is 1.35 bits per heavy atom. The summed E-state index contributed by atoms with van der Waals surface area (Å²) in [6.07, 6.45) is 2.38. The predicted molar refractivity (Wildman–Crippen MR) is 71.9 cm³/mol. The van der Waals surface area contributed by atoms with Crippen molar-refractivity contribution < 1.29 is 4.74 Å². The van der Waals surface area contributed by atoms with Crippen molar-refractivity contribution in [2.75, 3.05) is 5.73 Å². The zero-order valence-corrected chi connectivity index (χ0v) is 10.7. The van der Waals surface area contributed by atoms with E-state index < -0.39 is 0 Å². The molecule has 0 aliphatic rings. The van der Waals surface area contributed by atoms with E-state index >= 15 is 0 Å². The molecule has 3 heteroatoms. The van der Waals surface area contributed by atoms with E-state index in [9.17, 15) is 0 Å². The summed E-state index contributed by atoms with van der Waals surface area (Å²) in [7, 11) is 0. The molecule has 0 aliphatic heterocycles. The number of hydrogen-bond acceptors (Lipinski definition) is 2. The maximum Gasteiger partial charge on any atom is 0.0741 e. The van der Waals surface area contributed by atoms with Crippen LogP contribution in [0.4, 0.5) is 5.69 Å². The van der Waals surface area contributed by atoms with Gasteiger partial charge in [0, 0.05) is 29.4 Å². The van der Waals surface area contributed by atoms with Gasteiger partial charge in [0.05, 0.1) is 18.2 Å². The highest BCUT2D eigenvalue weighted by molar-refractivity contribution is 5.94. The maximum atomic E-state index is 6.06. The lowest BCUT2D eigenvalue weighted by molar-refractivity contribution is 0.0663. The molecule has 2 rings (SSSR count). The second kappa shape index (κ2) is 4.80. The highest BCUT2D eigenvalue weighted by Gasteiger charge is 2.10. The van der Waals surface area contributed by atoms with Crippen molar-refractivity contribution in [2.45, 2.75) is 40.0 Å². The molecule has 2 aromatic rings. The fourth-order valence-electron chi connectivity index (χ4n) is 2.10. The third-order valence-electron chi connectivity index (χ3n) is 2.93. The van der Waals surface area contributed by atoms with Crippen molar-refractivity contribution in [3.8, 4) is 0 Å². The number of rotatable bonds is 4.